The van der Waals surface area contributed by atoms with Crippen LogP contribution in [0, 0.1) is 16.0 Å². The Labute approximate surface area is 209 Å². The van der Waals surface area contributed by atoms with E-state index in [-0.39, 0.29) is 31.1 Å². The number of non-ortho nitro benzene ring substituents is 1. The maximum atomic E-state index is 13.3. The van der Waals surface area contributed by atoms with Crippen molar-refractivity contribution in [2.45, 2.75) is 19.8 Å². The molecule has 0 spiro atoms. The first-order valence-electron chi connectivity index (χ1n) is 11.4. The molecule has 2 unspecified atom stereocenters. The number of allylic oxidation sites excluding steroid dienone is 1. The lowest BCUT2D eigenvalue weighted by Crippen LogP contribution is -2.37. The summed E-state index contributed by atoms with van der Waals surface area (Å²) in [6.07, 6.45) is 3.53. The summed E-state index contributed by atoms with van der Waals surface area (Å²) >= 11 is 0. The molecule has 0 amide bonds. The van der Waals surface area contributed by atoms with Gasteiger partial charge in [0.25, 0.3) is 5.69 Å². The minimum atomic E-state index is -0.963. The van der Waals surface area contributed by atoms with Gasteiger partial charge in [-0.3, -0.25) is 19.9 Å². The monoisotopic (exact) mass is 492 g/mol. The Morgan fingerprint density at radius 3 is 2.50 bits per heavy atom. The first kappa shape index (κ1) is 26.5. The molecule has 0 N–H and O–H groups in total. The van der Waals surface area contributed by atoms with Gasteiger partial charge >= 0.3 is 11.9 Å². The molecule has 0 aromatic heterocycles. The second kappa shape index (κ2) is 12.6. The van der Waals surface area contributed by atoms with E-state index >= 15 is 0 Å². The van der Waals surface area contributed by atoms with Crippen molar-refractivity contribution in [2.75, 3.05) is 26.9 Å². The molecule has 1 heterocycles. The van der Waals surface area contributed by atoms with E-state index in [9.17, 15) is 19.7 Å². The zero-order valence-electron chi connectivity index (χ0n) is 20.4. The molecular weight excluding hydrogens is 464 g/mol. The molecule has 1 aliphatic rings. The van der Waals surface area contributed by atoms with E-state index in [0.717, 1.165) is 5.56 Å². The van der Waals surface area contributed by atoms with Crippen LogP contribution in [0.3, 0.4) is 0 Å². The molecule has 1 aliphatic heterocycles. The summed E-state index contributed by atoms with van der Waals surface area (Å²) in [6, 6.07) is 15.4. The lowest BCUT2D eigenvalue weighted by Gasteiger charge is -2.31. The van der Waals surface area contributed by atoms with Gasteiger partial charge in [0.05, 0.1) is 17.1 Å². The molecular formula is C27H28N2O7. The SMILES string of the molecule is COCCOC(=O)C1C(C)=NC(C)=C(C(=O)OCC=Cc2ccccc2)C1c1cccc([N+](=O)[O-])c1. The Morgan fingerprint density at radius 2 is 1.81 bits per heavy atom. The molecule has 188 valence electrons. The highest BCUT2D eigenvalue weighted by molar-refractivity contribution is 6.07. The van der Waals surface area contributed by atoms with Gasteiger partial charge in [0.15, 0.2) is 0 Å². The van der Waals surface area contributed by atoms with Gasteiger partial charge in [-0.15, -0.1) is 0 Å². The first-order chi connectivity index (χ1) is 17.3. The van der Waals surface area contributed by atoms with Crippen molar-refractivity contribution >= 4 is 29.4 Å². The predicted molar refractivity (Wildman–Crippen MR) is 134 cm³/mol. The van der Waals surface area contributed by atoms with Gasteiger partial charge in [-0.2, -0.15) is 0 Å². The second-order valence-electron chi connectivity index (χ2n) is 8.13. The molecule has 9 heteroatoms. The van der Waals surface area contributed by atoms with Crippen molar-refractivity contribution < 1.29 is 28.7 Å². The topological polar surface area (TPSA) is 117 Å². The van der Waals surface area contributed by atoms with Gasteiger partial charge in [0, 0.05) is 36.6 Å². The third kappa shape index (κ3) is 6.51. The van der Waals surface area contributed by atoms with Gasteiger partial charge in [-0.1, -0.05) is 48.5 Å². The molecule has 0 aliphatic carbocycles. The number of aliphatic imine (C=N–C) groups is 1. The van der Waals surface area contributed by atoms with E-state index in [1.807, 2.05) is 36.4 Å². The van der Waals surface area contributed by atoms with Crippen LogP contribution in [0.4, 0.5) is 5.69 Å². The lowest BCUT2D eigenvalue weighted by atomic mass is 9.75. The zero-order chi connectivity index (χ0) is 26.1. The van der Waals surface area contributed by atoms with Gasteiger partial charge in [0.1, 0.15) is 19.1 Å². The van der Waals surface area contributed by atoms with Crippen LogP contribution in [0.25, 0.3) is 6.08 Å². The molecule has 3 rings (SSSR count). The highest BCUT2D eigenvalue weighted by Gasteiger charge is 2.42. The maximum absolute atomic E-state index is 13.3. The molecule has 0 fully saturated rings. The molecule has 0 bridgehead atoms. The summed E-state index contributed by atoms with van der Waals surface area (Å²) in [5.41, 5.74) is 2.18. The van der Waals surface area contributed by atoms with Crippen molar-refractivity contribution in [2.24, 2.45) is 10.9 Å². The van der Waals surface area contributed by atoms with Gasteiger partial charge in [0.2, 0.25) is 0 Å². The fraction of sp³-hybridized carbons (Fsp3) is 0.296. The molecule has 0 saturated heterocycles. The maximum Gasteiger partial charge on any atom is 0.336 e. The van der Waals surface area contributed by atoms with Crippen LogP contribution in [-0.4, -0.2) is 49.5 Å². The van der Waals surface area contributed by atoms with Crippen LogP contribution in [-0.2, 0) is 23.8 Å². The Hall–Kier alpha value is -4.11. The Bertz CT molecular complexity index is 1200. The van der Waals surface area contributed by atoms with Crippen LogP contribution < -0.4 is 0 Å². The number of methoxy groups -OCH3 is 1. The summed E-state index contributed by atoms with van der Waals surface area (Å²) in [6.45, 7) is 3.54. The van der Waals surface area contributed by atoms with E-state index in [4.69, 9.17) is 14.2 Å². The number of hydrogen-bond donors (Lipinski definition) is 0. The third-order valence-corrected chi connectivity index (χ3v) is 5.69. The Kier molecular flexibility index (Phi) is 9.24. The molecule has 2 aromatic carbocycles. The van der Waals surface area contributed by atoms with Crippen LogP contribution in [0.15, 0.2) is 76.9 Å². The van der Waals surface area contributed by atoms with Crippen molar-refractivity contribution in [1.29, 1.82) is 0 Å². The smallest absolute Gasteiger partial charge is 0.336 e. The van der Waals surface area contributed by atoms with Crippen LogP contribution in [0.1, 0.15) is 30.9 Å². The number of rotatable bonds is 10. The van der Waals surface area contributed by atoms with E-state index in [2.05, 4.69) is 4.99 Å². The predicted octanol–water partition coefficient (Wildman–Crippen LogP) is 4.49. The third-order valence-electron chi connectivity index (χ3n) is 5.69. The fourth-order valence-corrected chi connectivity index (χ4v) is 4.06. The fourth-order valence-electron chi connectivity index (χ4n) is 4.06. The molecule has 9 nitrogen and oxygen atoms in total. The molecule has 0 radical (unpaired) electrons. The summed E-state index contributed by atoms with van der Waals surface area (Å²) in [7, 11) is 1.49. The van der Waals surface area contributed by atoms with E-state index in [0.29, 0.717) is 17.0 Å². The molecule has 2 aromatic rings. The van der Waals surface area contributed by atoms with Gasteiger partial charge in [-0.05, 0) is 31.1 Å². The minimum Gasteiger partial charge on any atom is -0.463 e. The number of hydrogen-bond acceptors (Lipinski definition) is 8. The molecule has 36 heavy (non-hydrogen) atoms. The quantitative estimate of drug-likeness (QED) is 0.208. The number of benzene rings is 2. The number of esters is 2. The largest absolute Gasteiger partial charge is 0.463 e. The molecule has 2 atom stereocenters. The molecule has 0 saturated carbocycles. The second-order valence-corrected chi connectivity index (χ2v) is 8.13. The number of carbonyl (C=O) groups is 2. The summed E-state index contributed by atoms with van der Waals surface area (Å²) in [4.78, 5) is 41.7. The van der Waals surface area contributed by atoms with Crippen LogP contribution in [0.2, 0.25) is 0 Å². The van der Waals surface area contributed by atoms with Crippen molar-refractivity contribution in [3.63, 3.8) is 0 Å². The average molecular weight is 493 g/mol. The number of nitro groups is 1. The highest BCUT2D eigenvalue weighted by Crippen LogP contribution is 2.41. The Balaban J connectivity index is 1.94. The standard InChI is InChI=1S/C27H28N2O7/c1-18-23(26(30)35-14-8-11-20-9-5-4-6-10-20)25(21-12-7-13-22(17-21)29(32)33)24(19(2)28-18)27(31)36-16-15-34-3/h4-13,17,24-25H,14-16H2,1-3H3. The van der Waals surface area contributed by atoms with Crippen molar-refractivity contribution in [3.05, 3.63) is 93.2 Å². The summed E-state index contributed by atoms with van der Waals surface area (Å²) in [5, 5.41) is 11.4. The van der Waals surface area contributed by atoms with Crippen LogP contribution >= 0.6 is 0 Å². The lowest BCUT2D eigenvalue weighted by molar-refractivity contribution is -0.384. The van der Waals surface area contributed by atoms with E-state index < -0.39 is 28.7 Å². The van der Waals surface area contributed by atoms with Crippen molar-refractivity contribution in [3.8, 4) is 0 Å². The van der Waals surface area contributed by atoms with E-state index in [1.165, 1.54) is 25.3 Å². The van der Waals surface area contributed by atoms with Gasteiger partial charge in [-0.25, -0.2) is 4.79 Å². The zero-order valence-corrected chi connectivity index (χ0v) is 20.4. The average Bonchev–Trinajstić information content (AvgIpc) is 2.86. The number of ether oxygens (including phenoxy) is 3. The first-order valence-corrected chi connectivity index (χ1v) is 11.4. The normalized spacial score (nSPS) is 17.6. The minimum absolute atomic E-state index is 0.00217. The summed E-state index contributed by atoms with van der Waals surface area (Å²) in [5.74, 6) is -3.10. The van der Waals surface area contributed by atoms with Gasteiger partial charge < -0.3 is 14.2 Å². The van der Waals surface area contributed by atoms with Crippen LogP contribution in [0.5, 0.6) is 0 Å². The summed E-state index contributed by atoms with van der Waals surface area (Å²) < 4.78 is 15.8. The van der Waals surface area contributed by atoms with Crippen molar-refractivity contribution in [1.82, 2.24) is 0 Å². The number of nitrogens with zero attached hydrogens (tertiary/aromatic N) is 2. The number of nitro benzene ring substituents is 1. The number of carbonyl (C=O) groups excluding carboxylic acids is 2. The highest BCUT2D eigenvalue weighted by atomic mass is 16.6. The Morgan fingerprint density at radius 1 is 1.06 bits per heavy atom. The van der Waals surface area contributed by atoms with E-state index in [1.54, 1.807) is 26.0 Å².